The molecule has 1 aromatic heterocycles. The predicted octanol–water partition coefficient (Wildman–Crippen LogP) is 1.98. The number of amides is 1. The molecule has 0 aromatic carbocycles. The largest absolute Gasteiger partial charge is 0.480 e. The maximum atomic E-state index is 12.2. The van der Waals surface area contributed by atoms with E-state index in [2.05, 4.69) is 4.98 Å². The lowest BCUT2D eigenvalue weighted by Crippen LogP contribution is -2.50. The van der Waals surface area contributed by atoms with Crippen LogP contribution in [-0.2, 0) is 4.79 Å². The van der Waals surface area contributed by atoms with Gasteiger partial charge in [0.2, 0.25) is 0 Å². The van der Waals surface area contributed by atoms with Crippen molar-refractivity contribution in [3.05, 3.63) is 28.5 Å². The molecule has 1 rings (SSSR count). The van der Waals surface area contributed by atoms with Crippen LogP contribution >= 0.6 is 11.6 Å². The van der Waals surface area contributed by atoms with E-state index in [1.807, 2.05) is 0 Å². The van der Waals surface area contributed by atoms with E-state index in [1.165, 1.54) is 31.9 Å². The van der Waals surface area contributed by atoms with Gasteiger partial charge in [0.25, 0.3) is 5.91 Å². The third kappa shape index (κ3) is 2.79. The van der Waals surface area contributed by atoms with Crippen LogP contribution in [0.5, 0.6) is 0 Å². The van der Waals surface area contributed by atoms with Gasteiger partial charge in [-0.2, -0.15) is 0 Å². The van der Waals surface area contributed by atoms with Gasteiger partial charge in [0.1, 0.15) is 10.7 Å². The first kappa shape index (κ1) is 14.4. The molecule has 0 spiro atoms. The third-order valence-corrected chi connectivity index (χ3v) is 3.03. The van der Waals surface area contributed by atoms with Gasteiger partial charge in [-0.25, -0.2) is 9.78 Å². The molecule has 0 fully saturated rings. The Balaban J connectivity index is 3.11. The molecule has 1 N–H and O–H groups in total. The van der Waals surface area contributed by atoms with E-state index in [4.69, 9.17) is 16.7 Å². The molecule has 0 saturated carbocycles. The van der Waals surface area contributed by atoms with Crippen LogP contribution in [0.15, 0.2) is 12.1 Å². The predicted molar refractivity (Wildman–Crippen MR) is 67.8 cm³/mol. The number of carbonyl (C=O) groups excluding carboxylic acids is 1. The lowest BCUT2D eigenvalue weighted by Gasteiger charge is -2.31. The molecule has 18 heavy (non-hydrogen) atoms. The Labute approximate surface area is 110 Å². The van der Waals surface area contributed by atoms with Gasteiger partial charge in [-0.15, -0.1) is 0 Å². The van der Waals surface area contributed by atoms with Gasteiger partial charge in [0, 0.05) is 18.3 Å². The van der Waals surface area contributed by atoms with Gasteiger partial charge < -0.3 is 10.0 Å². The number of hydrogen-bond donors (Lipinski definition) is 1. The lowest BCUT2D eigenvalue weighted by atomic mass is 10.0. The lowest BCUT2D eigenvalue weighted by molar-refractivity contribution is -0.147. The van der Waals surface area contributed by atoms with Gasteiger partial charge in [0.15, 0.2) is 0 Å². The van der Waals surface area contributed by atoms with Crippen LogP contribution < -0.4 is 0 Å². The highest BCUT2D eigenvalue weighted by atomic mass is 35.5. The number of aromatic nitrogens is 1. The van der Waals surface area contributed by atoms with Gasteiger partial charge in [-0.1, -0.05) is 11.6 Å². The summed E-state index contributed by atoms with van der Waals surface area (Å²) >= 11 is 5.78. The number of carboxylic acids is 1. The SMILES string of the molecule is Cc1cc(C(=O)N(C)C(C)(C)C(=O)O)cc(Cl)n1. The quantitative estimate of drug-likeness (QED) is 0.853. The topological polar surface area (TPSA) is 70.5 Å². The van der Waals surface area contributed by atoms with E-state index in [9.17, 15) is 9.59 Å². The van der Waals surface area contributed by atoms with Crippen LogP contribution in [-0.4, -0.2) is 39.5 Å². The van der Waals surface area contributed by atoms with E-state index in [-0.39, 0.29) is 5.15 Å². The molecule has 6 heteroatoms. The Bertz CT molecular complexity index is 480. The van der Waals surface area contributed by atoms with Crippen molar-refractivity contribution in [1.29, 1.82) is 0 Å². The zero-order valence-electron chi connectivity index (χ0n) is 10.7. The molecule has 0 unspecified atom stereocenters. The van der Waals surface area contributed by atoms with Crippen LogP contribution in [0, 0.1) is 6.92 Å². The number of hydrogen-bond acceptors (Lipinski definition) is 3. The molecular weight excluding hydrogens is 256 g/mol. The molecule has 1 heterocycles. The van der Waals surface area contributed by atoms with Crippen molar-refractivity contribution < 1.29 is 14.7 Å². The molecule has 5 nitrogen and oxygen atoms in total. The molecular formula is C12H15ClN2O3. The summed E-state index contributed by atoms with van der Waals surface area (Å²) < 4.78 is 0. The van der Waals surface area contributed by atoms with E-state index in [0.29, 0.717) is 11.3 Å². The highest BCUT2D eigenvalue weighted by Crippen LogP contribution is 2.18. The second-order valence-corrected chi connectivity index (χ2v) is 4.94. The molecule has 0 aliphatic carbocycles. The monoisotopic (exact) mass is 270 g/mol. The first-order valence-electron chi connectivity index (χ1n) is 5.32. The number of nitrogens with zero attached hydrogens (tertiary/aromatic N) is 2. The summed E-state index contributed by atoms with van der Waals surface area (Å²) in [5, 5.41) is 9.29. The second kappa shape index (κ2) is 4.94. The number of aliphatic carboxylic acids is 1. The molecule has 0 aliphatic rings. The van der Waals surface area contributed by atoms with Crippen LogP contribution in [0.25, 0.3) is 0 Å². The number of carboxylic acid groups (broad SMARTS) is 1. The highest BCUT2D eigenvalue weighted by Gasteiger charge is 2.35. The summed E-state index contributed by atoms with van der Waals surface area (Å²) in [5.74, 6) is -1.48. The minimum atomic E-state index is -1.29. The van der Waals surface area contributed by atoms with Crippen molar-refractivity contribution in [3.63, 3.8) is 0 Å². The molecule has 0 bridgehead atoms. The maximum absolute atomic E-state index is 12.2. The number of aryl methyl sites for hydroxylation is 1. The fourth-order valence-corrected chi connectivity index (χ4v) is 1.59. The second-order valence-electron chi connectivity index (χ2n) is 4.55. The molecule has 0 aliphatic heterocycles. The Hall–Kier alpha value is -1.62. The molecule has 1 aromatic rings. The summed E-state index contributed by atoms with van der Waals surface area (Å²) in [5.41, 5.74) is -0.363. The number of likely N-dealkylation sites (N-methyl/N-ethyl adjacent to an activating group) is 1. The summed E-state index contributed by atoms with van der Waals surface area (Å²) in [4.78, 5) is 28.4. The Kier molecular flexibility index (Phi) is 3.96. The smallest absolute Gasteiger partial charge is 0.329 e. The number of carbonyl (C=O) groups is 2. The average Bonchev–Trinajstić information content (AvgIpc) is 2.25. The fourth-order valence-electron chi connectivity index (χ4n) is 1.34. The summed E-state index contributed by atoms with van der Waals surface area (Å²) in [6.45, 7) is 4.64. The number of halogens is 1. The summed E-state index contributed by atoms with van der Waals surface area (Å²) in [7, 11) is 1.44. The van der Waals surface area contributed by atoms with E-state index < -0.39 is 17.4 Å². The van der Waals surface area contributed by atoms with Gasteiger partial charge in [-0.3, -0.25) is 4.79 Å². The van der Waals surface area contributed by atoms with Crippen LogP contribution in [0.4, 0.5) is 0 Å². The highest BCUT2D eigenvalue weighted by molar-refractivity contribution is 6.29. The van der Waals surface area contributed by atoms with Gasteiger partial charge in [-0.05, 0) is 32.9 Å². The molecule has 0 saturated heterocycles. The normalized spacial score (nSPS) is 11.2. The van der Waals surface area contributed by atoms with Crippen LogP contribution in [0.2, 0.25) is 5.15 Å². The third-order valence-electron chi connectivity index (χ3n) is 2.84. The van der Waals surface area contributed by atoms with Crippen molar-refractivity contribution in [2.75, 3.05) is 7.05 Å². The van der Waals surface area contributed by atoms with Crippen LogP contribution in [0.3, 0.4) is 0 Å². The molecule has 0 atom stereocenters. The van der Waals surface area contributed by atoms with E-state index >= 15 is 0 Å². The van der Waals surface area contributed by atoms with Gasteiger partial charge in [0.05, 0.1) is 0 Å². The number of rotatable bonds is 3. The van der Waals surface area contributed by atoms with Crippen molar-refractivity contribution >= 4 is 23.5 Å². The van der Waals surface area contributed by atoms with E-state index in [1.54, 1.807) is 13.0 Å². The average molecular weight is 271 g/mol. The van der Waals surface area contributed by atoms with Crippen molar-refractivity contribution in [2.45, 2.75) is 26.3 Å². The van der Waals surface area contributed by atoms with Crippen LogP contribution in [0.1, 0.15) is 29.9 Å². The maximum Gasteiger partial charge on any atom is 0.329 e. The van der Waals surface area contributed by atoms with Crippen molar-refractivity contribution in [1.82, 2.24) is 9.88 Å². The Morgan fingerprint density at radius 3 is 2.39 bits per heavy atom. The van der Waals surface area contributed by atoms with Gasteiger partial charge >= 0.3 is 5.97 Å². The number of pyridine rings is 1. The molecule has 1 amide bonds. The van der Waals surface area contributed by atoms with Crippen molar-refractivity contribution in [2.24, 2.45) is 0 Å². The molecule has 0 radical (unpaired) electrons. The fraction of sp³-hybridized carbons (Fsp3) is 0.417. The first-order valence-corrected chi connectivity index (χ1v) is 5.70. The van der Waals surface area contributed by atoms with Crippen molar-refractivity contribution in [3.8, 4) is 0 Å². The van der Waals surface area contributed by atoms with E-state index in [0.717, 1.165) is 0 Å². The molecule has 98 valence electrons. The summed E-state index contributed by atoms with van der Waals surface area (Å²) in [6, 6.07) is 2.99. The minimum Gasteiger partial charge on any atom is -0.480 e. The Morgan fingerprint density at radius 2 is 1.94 bits per heavy atom. The first-order chi connectivity index (χ1) is 8.16. The zero-order valence-corrected chi connectivity index (χ0v) is 11.4. The summed E-state index contributed by atoms with van der Waals surface area (Å²) in [6.07, 6.45) is 0. The Morgan fingerprint density at radius 1 is 1.39 bits per heavy atom. The standard InChI is InChI=1S/C12H15ClN2O3/c1-7-5-8(6-9(13)14-7)10(16)15(4)12(2,3)11(17)18/h5-6H,1-4H3,(H,17,18). The zero-order chi connectivity index (χ0) is 14.1. The minimum absolute atomic E-state index is 0.208.